The molecule has 0 bridgehead atoms. The number of benzene rings is 1. The van der Waals surface area contributed by atoms with Gasteiger partial charge in [0.25, 0.3) is 5.91 Å². The van der Waals surface area contributed by atoms with Crippen LogP contribution in [0.3, 0.4) is 0 Å². The Morgan fingerprint density at radius 3 is 2.67 bits per heavy atom. The summed E-state index contributed by atoms with van der Waals surface area (Å²) in [5.74, 6) is -1.30. The third-order valence-corrected chi connectivity index (χ3v) is 3.78. The third kappa shape index (κ3) is 4.56. The second-order valence-corrected chi connectivity index (χ2v) is 5.97. The SMILES string of the molecule is CC(=O)Nc1cccc(C(=O)OCC(=O)N[C@](C)(C#N)C2CC2)c1. The maximum Gasteiger partial charge on any atom is 0.338 e. The van der Waals surface area contributed by atoms with Gasteiger partial charge in [-0.1, -0.05) is 6.07 Å². The molecule has 1 fully saturated rings. The summed E-state index contributed by atoms with van der Waals surface area (Å²) >= 11 is 0. The molecule has 0 spiro atoms. The monoisotopic (exact) mass is 329 g/mol. The number of anilines is 1. The van der Waals surface area contributed by atoms with Gasteiger partial charge in [0.05, 0.1) is 11.6 Å². The number of nitrogens with zero attached hydrogens (tertiary/aromatic N) is 1. The summed E-state index contributed by atoms with van der Waals surface area (Å²) in [7, 11) is 0. The summed E-state index contributed by atoms with van der Waals surface area (Å²) < 4.78 is 4.97. The highest BCUT2D eigenvalue weighted by Gasteiger charge is 2.43. The molecular formula is C17H19N3O4. The van der Waals surface area contributed by atoms with Crippen molar-refractivity contribution in [3.05, 3.63) is 29.8 Å². The van der Waals surface area contributed by atoms with E-state index in [4.69, 9.17) is 4.74 Å². The lowest BCUT2D eigenvalue weighted by Gasteiger charge is -2.22. The van der Waals surface area contributed by atoms with E-state index in [-0.39, 0.29) is 17.4 Å². The van der Waals surface area contributed by atoms with Gasteiger partial charge in [-0.2, -0.15) is 5.26 Å². The van der Waals surface area contributed by atoms with E-state index in [2.05, 4.69) is 16.7 Å². The van der Waals surface area contributed by atoms with Gasteiger partial charge in [-0.05, 0) is 43.9 Å². The van der Waals surface area contributed by atoms with Gasteiger partial charge in [0.1, 0.15) is 5.54 Å². The molecule has 7 nitrogen and oxygen atoms in total. The quantitative estimate of drug-likeness (QED) is 0.771. The van der Waals surface area contributed by atoms with Crippen LogP contribution in [-0.2, 0) is 14.3 Å². The molecule has 0 saturated heterocycles. The summed E-state index contributed by atoms with van der Waals surface area (Å²) in [6, 6.07) is 8.33. The van der Waals surface area contributed by atoms with Crippen LogP contribution in [-0.4, -0.2) is 29.9 Å². The number of hydrogen-bond donors (Lipinski definition) is 2. The van der Waals surface area contributed by atoms with E-state index >= 15 is 0 Å². The van der Waals surface area contributed by atoms with Crippen LogP contribution in [0.25, 0.3) is 0 Å². The minimum Gasteiger partial charge on any atom is -0.452 e. The molecule has 126 valence electrons. The highest BCUT2D eigenvalue weighted by atomic mass is 16.5. The maximum atomic E-state index is 12.0. The van der Waals surface area contributed by atoms with E-state index in [1.807, 2.05) is 0 Å². The van der Waals surface area contributed by atoms with Crippen molar-refractivity contribution in [1.82, 2.24) is 5.32 Å². The number of ether oxygens (including phenoxy) is 1. The lowest BCUT2D eigenvalue weighted by molar-refractivity contribution is -0.125. The van der Waals surface area contributed by atoms with Crippen LogP contribution in [0, 0.1) is 17.2 Å². The van der Waals surface area contributed by atoms with Gasteiger partial charge < -0.3 is 15.4 Å². The minimum absolute atomic E-state index is 0.150. The van der Waals surface area contributed by atoms with Gasteiger partial charge in [0.15, 0.2) is 6.61 Å². The molecule has 2 rings (SSSR count). The molecule has 1 atom stereocenters. The number of hydrogen-bond acceptors (Lipinski definition) is 5. The number of esters is 1. The van der Waals surface area contributed by atoms with Crippen molar-refractivity contribution in [2.45, 2.75) is 32.2 Å². The molecule has 0 heterocycles. The first-order chi connectivity index (χ1) is 11.3. The molecule has 0 aromatic heterocycles. The fourth-order valence-corrected chi connectivity index (χ4v) is 2.35. The molecule has 7 heteroatoms. The number of nitrogens with one attached hydrogen (secondary N) is 2. The zero-order valence-corrected chi connectivity index (χ0v) is 13.6. The molecule has 1 aromatic carbocycles. The van der Waals surface area contributed by atoms with Crippen LogP contribution < -0.4 is 10.6 Å². The maximum absolute atomic E-state index is 12.0. The average molecular weight is 329 g/mol. The largest absolute Gasteiger partial charge is 0.452 e. The molecule has 2 N–H and O–H groups in total. The van der Waals surface area contributed by atoms with Crippen LogP contribution in [0.15, 0.2) is 24.3 Å². The predicted molar refractivity (Wildman–Crippen MR) is 85.9 cm³/mol. The smallest absolute Gasteiger partial charge is 0.338 e. The second-order valence-electron chi connectivity index (χ2n) is 5.97. The van der Waals surface area contributed by atoms with Crippen LogP contribution in [0.2, 0.25) is 0 Å². The Morgan fingerprint density at radius 1 is 1.38 bits per heavy atom. The number of amides is 2. The zero-order valence-electron chi connectivity index (χ0n) is 13.6. The molecule has 24 heavy (non-hydrogen) atoms. The van der Waals surface area contributed by atoms with Gasteiger partial charge in [-0.25, -0.2) is 4.79 Å². The summed E-state index contributed by atoms with van der Waals surface area (Å²) in [5, 5.41) is 14.4. The van der Waals surface area contributed by atoms with Crippen molar-refractivity contribution in [2.75, 3.05) is 11.9 Å². The molecular weight excluding hydrogens is 310 g/mol. The van der Waals surface area contributed by atoms with Crippen molar-refractivity contribution < 1.29 is 19.1 Å². The first-order valence-corrected chi connectivity index (χ1v) is 7.61. The molecule has 0 aliphatic heterocycles. The zero-order chi connectivity index (χ0) is 17.7. The van der Waals surface area contributed by atoms with Crippen molar-refractivity contribution >= 4 is 23.5 Å². The van der Waals surface area contributed by atoms with Crippen LogP contribution in [0.1, 0.15) is 37.0 Å². The Kier molecular flexibility index (Phi) is 5.19. The summed E-state index contributed by atoms with van der Waals surface area (Å²) in [5.41, 5.74) is -0.235. The van der Waals surface area contributed by atoms with E-state index in [9.17, 15) is 19.6 Å². The summed E-state index contributed by atoms with van der Waals surface area (Å²) in [6.07, 6.45) is 1.81. The van der Waals surface area contributed by atoms with Gasteiger partial charge >= 0.3 is 5.97 Å². The van der Waals surface area contributed by atoms with Crippen molar-refractivity contribution in [1.29, 1.82) is 5.26 Å². The highest BCUT2D eigenvalue weighted by molar-refractivity contribution is 5.94. The van der Waals surface area contributed by atoms with Gasteiger partial charge in [-0.15, -0.1) is 0 Å². The first-order valence-electron chi connectivity index (χ1n) is 7.61. The highest BCUT2D eigenvalue weighted by Crippen LogP contribution is 2.39. The normalized spacial score (nSPS) is 15.5. The molecule has 1 aliphatic rings. The average Bonchev–Trinajstić information content (AvgIpc) is 3.37. The fraction of sp³-hybridized carbons (Fsp3) is 0.412. The summed E-state index contributed by atoms with van der Waals surface area (Å²) in [4.78, 5) is 34.9. The van der Waals surface area contributed by atoms with E-state index in [0.29, 0.717) is 5.69 Å². The van der Waals surface area contributed by atoms with E-state index in [1.54, 1.807) is 19.1 Å². The number of nitriles is 1. The topological polar surface area (TPSA) is 108 Å². The van der Waals surface area contributed by atoms with E-state index in [0.717, 1.165) is 12.8 Å². The van der Waals surface area contributed by atoms with Crippen molar-refractivity contribution in [2.24, 2.45) is 5.92 Å². The van der Waals surface area contributed by atoms with Gasteiger partial charge in [-0.3, -0.25) is 9.59 Å². The lowest BCUT2D eigenvalue weighted by atomic mass is 9.98. The third-order valence-electron chi connectivity index (χ3n) is 3.78. The standard InChI is InChI=1S/C17H19N3O4/c1-11(21)19-14-5-3-4-12(8-14)16(23)24-9-15(22)20-17(2,10-18)13-6-7-13/h3-5,8,13H,6-7,9H2,1-2H3,(H,19,21)(H,20,22)/t17-/m1/s1. The minimum atomic E-state index is -0.922. The Balaban J connectivity index is 1.89. The van der Waals surface area contributed by atoms with Gasteiger partial charge in [0, 0.05) is 12.6 Å². The Hall–Kier alpha value is -2.88. The molecule has 0 unspecified atom stereocenters. The Labute approximate surface area is 140 Å². The molecule has 0 radical (unpaired) electrons. The Bertz CT molecular complexity index is 706. The van der Waals surface area contributed by atoms with Crippen LogP contribution >= 0.6 is 0 Å². The second kappa shape index (κ2) is 7.13. The van der Waals surface area contributed by atoms with Crippen molar-refractivity contribution in [3.63, 3.8) is 0 Å². The van der Waals surface area contributed by atoms with Crippen LogP contribution in [0.4, 0.5) is 5.69 Å². The first kappa shape index (κ1) is 17.5. The van der Waals surface area contributed by atoms with E-state index in [1.165, 1.54) is 19.1 Å². The molecule has 1 saturated carbocycles. The predicted octanol–water partition coefficient (Wildman–Crippen LogP) is 1.61. The van der Waals surface area contributed by atoms with Gasteiger partial charge in [0.2, 0.25) is 5.91 Å². The lowest BCUT2D eigenvalue weighted by Crippen LogP contribution is -2.48. The number of rotatable bonds is 6. The molecule has 2 amide bonds. The number of carbonyl (C=O) groups is 3. The Morgan fingerprint density at radius 2 is 2.08 bits per heavy atom. The molecule has 1 aromatic rings. The summed E-state index contributed by atoms with van der Waals surface area (Å²) in [6.45, 7) is 2.57. The van der Waals surface area contributed by atoms with E-state index < -0.39 is 24.0 Å². The van der Waals surface area contributed by atoms with Crippen molar-refractivity contribution in [3.8, 4) is 6.07 Å². The molecule has 1 aliphatic carbocycles. The van der Waals surface area contributed by atoms with Crippen LogP contribution in [0.5, 0.6) is 0 Å². The fourth-order valence-electron chi connectivity index (χ4n) is 2.35. The number of carbonyl (C=O) groups excluding carboxylic acids is 3.